The van der Waals surface area contributed by atoms with Crippen LogP contribution in [0.4, 0.5) is 5.69 Å². The zero-order chi connectivity index (χ0) is 13.8. The van der Waals surface area contributed by atoms with Gasteiger partial charge in [0, 0.05) is 17.8 Å². The molecule has 4 nitrogen and oxygen atoms in total. The zero-order valence-electron chi connectivity index (χ0n) is 11.7. The highest BCUT2D eigenvalue weighted by Crippen LogP contribution is 2.18. The Kier molecular flexibility index (Phi) is 4.43. The molecule has 1 fully saturated rings. The highest BCUT2D eigenvalue weighted by Gasteiger charge is 2.25. The maximum absolute atomic E-state index is 12.3. The van der Waals surface area contributed by atoms with Gasteiger partial charge >= 0.3 is 0 Å². The third-order valence-electron chi connectivity index (χ3n) is 3.91. The van der Waals surface area contributed by atoms with E-state index in [2.05, 4.69) is 17.6 Å². The lowest BCUT2D eigenvalue weighted by Crippen LogP contribution is -2.47. The number of hydrogen-bond donors (Lipinski definition) is 3. The topological polar surface area (TPSA) is 67.2 Å². The molecule has 0 spiro atoms. The number of nitrogens with two attached hydrogens (primary N) is 1. The van der Waals surface area contributed by atoms with Crippen LogP contribution in [0.25, 0.3) is 0 Å². The van der Waals surface area contributed by atoms with Crippen molar-refractivity contribution >= 4 is 11.6 Å². The molecule has 104 valence electrons. The fraction of sp³-hybridized carbons (Fsp3) is 0.533. The number of aryl methyl sites for hydroxylation is 1. The summed E-state index contributed by atoms with van der Waals surface area (Å²) in [5.41, 5.74) is 8.08. The van der Waals surface area contributed by atoms with Crippen molar-refractivity contribution in [1.82, 2.24) is 10.6 Å². The van der Waals surface area contributed by atoms with Gasteiger partial charge in [0.2, 0.25) is 0 Å². The predicted octanol–water partition coefficient (Wildman–Crippen LogP) is 1.84. The minimum atomic E-state index is -0.0678. The second kappa shape index (κ2) is 6.06. The third-order valence-corrected chi connectivity index (χ3v) is 3.91. The van der Waals surface area contributed by atoms with Gasteiger partial charge in [0.15, 0.2) is 0 Å². The summed E-state index contributed by atoms with van der Waals surface area (Å²) in [6, 6.07) is 6.14. The summed E-state index contributed by atoms with van der Waals surface area (Å²) >= 11 is 0. The van der Waals surface area contributed by atoms with E-state index in [1.807, 2.05) is 19.1 Å². The molecule has 2 atom stereocenters. The molecule has 4 N–H and O–H groups in total. The molecule has 19 heavy (non-hydrogen) atoms. The molecule has 1 aromatic rings. The van der Waals surface area contributed by atoms with E-state index in [0.717, 1.165) is 24.9 Å². The molecule has 4 heteroatoms. The van der Waals surface area contributed by atoms with E-state index in [1.54, 1.807) is 6.07 Å². The Labute approximate surface area is 114 Å². The molecule has 0 radical (unpaired) electrons. The molecule has 1 aliphatic rings. The van der Waals surface area contributed by atoms with Crippen LogP contribution in [0.15, 0.2) is 18.2 Å². The van der Waals surface area contributed by atoms with Crippen LogP contribution in [-0.2, 0) is 0 Å². The lowest BCUT2D eigenvalue weighted by atomic mass is 10.0. The summed E-state index contributed by atoms with van der Waals surface area (Å²) in [5.74, 6) is -0.0678. The molecule has 0 bridgehead atoms. The SMILES string of the molecule is CCC(NC(=O)c1cccc(C)c1N)C1CCCN1. The maximum Gasteiger partial charge on any atom is 0.253 e. The molecular formula is C15H23N3O. The van der Waals surface area contributed by atoms with Gasteiger partial charge in [0.25, 0.3) is 5.91 Å². The summed E-state index contributed by atoms with van der Waals surface area (Å²) < 4.78 is 0. The van der Waals surface area contributed by atoms with E-state index in [1.165, 1.54) is 6.42 Å². The number of amides is 1. The first-order valence-corrected chi connectivity index (χ1v) is 7.02. The van der Waals surface area contributed by atoms with E-state index >= 15 is 0 Å². The Bertz CT molecular complexity index is 453. The Morgan fingerprint density at radius 1 is 1.58 bits per heavy atom. The quantitative estimate of drug-likeness (QED) is 0.724. The Morgan fingerprint density at radius 3 is 3.00 bits per heavy atom. The van der Waals surface area contributed by atoms with Gasteiger partial charge in [-0.2, -0.15) is 0 Å². The number of hydrogen-bond acceptors (Lipinski definition) is 3. The lowest BCUT2D eigenvalue weighted by Gasteiger charge is -2.24. The van der Waals surface area contributed by atoms with E-state index < -0.39 is 0 Å². The van der Waals surface area contributed by atoms with Crippen molar-refractivity contribution in [3.05, 3.63) is 29.3 Å². The summed E-state index contributed by atoms with van der Waals surface area (Å²) in [6.45, 7) is 5.07. The van der Waals surface area contributed by atoms with Crippen molar-refractivity contribution in [3.8, 4) is 0 Å². The van der Waals surface area contributed by atoms with Gasteiger partial charge in [-0.15, -0.1) is 0 Å². The number of nitrogens with one attached hydrogen (secondary N) is 2. The summed E-state index contributed by atoms with van der Waals surface area (Å²) in [7, 11) is 0. The average molecular weight is 261 g/mol. The third kappa shape index (κ3) is 3.07. The van der Waals surface area contributed by atoms with Crippen molar-refractivity contribution in [2.75, 3.05) is 12.3 Å². The van der Waals surface area contributed by atoms with E-state index in [9.17, 15) is 4.79 Å². The van der Waals surface area contributed by atoms with Crippen molar-refractivity contribution in [2.45, 2.75) is 45.2 Å². The number of carbonyl (C=O) groups excluding carboxylic acids is 1. The van der Waals surface area contributed by atoms with Crippen LogP contribution in [-0.4, -0.2) is 24.5 Å². The van der Waals surface area contributed by atoms with Crippen molar-refractivity contribution in [1.29, 1.82) is 0 Å². The number of nitrogen functional groups attached to an aromatic ring is 1. The first kappa shape index (κ1) is 13.9. The highest BCUT2D eigenvalue weighted by atomic mass is 16.1. The van der Waals surface area contributed by atoms with Crippen molar-refractivity contribution in [3.63, 3.8) is 0 Å². The largest absolute Gasteiger partial charge is 0.398 e. The van der Waals surface area contributed by atoms with E-state index in [-0.39, 0.29) is 11.9 Å². The molecule has 0 aromatic heterocycles. The van der Waals surface area contributed by atoms with Gasteiger partial charge in [-0.1, -0.05) is 19.1 Å². The fourth-order valence-corrected chi connectivity index (χ4v) is 2.67. The molecule has 1 heterocycles. The minimum Gasteiger partial charge on any atom is -0.398 e. The van der Waals surface area contributed by atoms with Crippen LogP contribution in [0.2, 0.25) is 0 Å². The molecule has 1 saturated heterocycles. The minimum absolute atomic E-state index is 0.0678. The fourth-order valence-electron chi connectivity index (χ4n) is 2.67. The molecule has 0 aliphatic carbocycles. The van der Waals surface area contributed by atoms with Crippen LogP contribution < -0.4 is 16.4 Å². The van der Waals surface area contributed by atoms with Gasteiger partial charge < -0.3 is 16.4 Å². The van der Waals surface area contributed by atoms with Crippen molar-refractivity contribution < 1.29 is 4.79 Å². The molecule has 1 amide bonds. The zero-order valence-corrected chi connectivity index (χ0v) is 11.7. The number of carbonyl (C=O) groups is 1. The summed E-state index contributed by atoms with van der Waals surface area (Å²) in [6.07, 6.45) is 3.24. The first-order chi connectivity index (χ1) is 9.13. The Morgan fingerprint density at radius 2 is 2.37 bits per heavy atom. The molecule has 1 aromatic carbocycles. The highest BCUT2D eigenvalue weighted by molar-refractivity contribution is 5.99. The molecule has 1 aliphatic heterocycles. The average Bonchev–Trinajstić information content (AvgIpc) is 2.92. The number of rotatable bonds is 4. The molecular weight excluding hydrogens is 238 g/mol. The maximum atomic E-state index is 12.3. The second-order valence-corrected chi connectivity index (χ2v) is 5.23. The normalized spacial score (nSPS) is 20.2. The van der Waals surface area contributed by atoms with Crippen LogP contribution >= 0.6 is 0 Å². The van der Waals surface area contributed by atoms with E-state index in [0.29, 0.717) is 17.3 Å². The van der Waals surface area contributed by atoms with Gasteiger partial charge in [0.1, 0.15) is 0 Å². The monoisotopic (exact) mass is 261 g/mol. The first-order valence-electron chi connectivity index (χ1n) is 7.02. The van der Waals surface area contributed by atoms with Gasteiger partial charge in [0.05, 0.1) is 5.56 Å². The second-order valence-electron chi connectivity index (χ2n) is 5.23. The van der Waals surface area contributed by atoms with Crippen LogP contribution in [0, 0.1) is 6.92 Å². The van der Waals surface area contributed by atoms with E-state index in [4.69, 9.17) is 5.73 Å². The molecule has 0 saturated carbocycles. The van der Waals surface area contributed by atoms with Crippen molar-refractivity contribution in [2.24, 2.45) is 0 Å². The predicted molar refractivity (Wildman–Crippen MR) is 78.2 cm³/mol. The van der Waals surface area contributed by atoms with Gasteiger partial charge in [-0.3, -0.25) is 4.79 Å². The van der Waals surface area contributed by atoms with Gasteiger partial charge in [-0.05, 0) is 44.4 Å². The smallest absolute Gasteiger partial charge is 0.253 e. The standard InChI is InChI=1S/C15H23N3O/c1-3-12(13-8-5-9-17-13)18-15(19)11-7-4-6-10(2)14(11)16/h4,6-7,12-13,17H,3,5,8-9,16H2,1-2H3,(H,18,19). The van der Waals surface area contributed by atoms with Gasteiger partial charge in [-0.25, -0.2) is 0 Å². The number of benzene rings is 1. The Balaban J connectivity index is 2.08. The molecule has 2 rings (SSSR count). The summed E-state index contributed by atoms with van der Waals surface area (Å²) in [4.78, 5) is 12.3. The Hall–Kier alpha value is -1.55. The van der Waals surface area contributed by atoms with Crippen LogP contribution in [0.5, 0.6) is 0 Å². The summed E-state index contributed by atoms with van der Waals surface area (Å²) in [5, 5.41) is 6.56. The number of anilines is 1. The number of para-hydroxylation sites is 1. The van der Waals surface area contributed by atoms with Crippen LogP contribution in [0.3, 0.4) is 0 Å². The lowest BCUT2D eigenvalue weighted by molar-refractivity contribution is 0.0928. The van der Waals surface area contributed by atoms with Crippen LogP contribution in [0.1, 0.15) is 42.1 Å². The molecule has 2 unspecified atom stereocenters.